The Morgan fingerprint density at radius 1 is 1.31 bits per heavy atom. The average Bonchev–Trinajstić information content (AvgIpc) is 2.16. The lowest BCUT2D eigenvalue weighted by Crippen LogP contribution is -2.54. The van der Waals surface area contributed by atoms with Gasteiger partial charge in [-0.15, -0.1) is 0 Å². The van der Waals surface area contributed by atoms with Crippen LogP contribution in [0.3, 0.4) is 0 Å². The van der Waals surface area contributed by atoms with Gasteiger partial charge in [-0.1, -0.05) is 0 Å². The Labute approximate surface area is 91.3 Å². The van der Waals surface area contributed by atoms with E-state index < -0.39 is 36.6 Å². The molecule has 16 heavy (non-hydrogen) atoms. The van der Waals surface area contributed by atoms with Gasteiger partial charge in [-0.25, -0.2) is 4.39 Å². The van der Waals surface area contributed by atoms with Crippen molar-refractivity contribution < 1.29 is 33.3 Å². The van der Waals surface area contributed by atoms with Crippen LogP contribution in [0.15, 0.2) is 0 Å². The minimum atomic E-state index is -1.94. The topological polar surface area (TPSA) is 82.1 Å². The van der Waals surface area contributed by atoms with E-state index >= 15 is 0 Å². The Hall–Kier alpha value is -1.21. The minimum Gasteiger partial charge on any atom is -0.456 e. The Kier molecular flexibility index (Phi) is 4.19. The van der Waals surface area contributed by atoms with Gasteiger partial charge in [0.2, 0.25) is 0 Å². The van der Waals surface area contributed by atoms with Crippen LogP contribution in [-0.4, -0.2) is 48.3 Å². The molecule has 0 radical (unpaired) electrons. The summed E-state index contributed by atoms with van der Waals surface area (Å²) in [4.78, 5) is 21.5. The second kappa shape index (κ2) is 5.22. The van der Waals surface area contributed by atoms with Crippen molar-refractivity contribution in [2.24, 2.45) is 0 Å². The predicted molar refractivity (Wildman–Crippen MR) is 48.0 cm³/mol. The average molecular weight is 236 g/mol. The van der Waals surface area contributed by atoms with Crippen molar-refractivity contribution in [1.82, 2.24) is 0 Å². The number of hydrogen-bond donors (Lipinski definition) is 1. The molecule has 6 nitrogen and oxygen atoms in total. The first-order valence-electron chi connectivity index (χ1n) is 4.70. The highest BCUT2D eigenvalue weighted by molar-refractivity contribution is 5.67. The lowest BCUT2D eigenvalue weighted by molar-refractivity contribution is -0.246. The van der Waals surface area contributed by atoms with E-state index in [9.17, 15) is 14.0 Å². The van der Waals surface area contributed by atoms with E-state index in [1.807, 2.05) is 0 Å². The van der Waals surface area contributed by atoms with Crippen molar-refractivity contribution in [1.29, 1.82) is 0 Å². The first kappa shape index (κ1) is 12.9. The first-order chi connectivity index (χ1) is 7.41. The zero-order chi connectivity index (χ0) is 12.3. The second-order valence-corrected chi connectivity index (χ2v) is 3.39. The molecule has 1 aliphatic heterocycles. The predicted octanol–water partition coefficient (Wildman–Crippen LogP) is -0.464. The minimum absolute atomic E-state index is 0.223. The Bertz CT molecular complexity index is 281. The van der Waals surface area contributed by atoms with Gasteiger partial charge in [0.15, 0.2) is 24.7 Å². The summed E-state index contributed by atoms with van der Waals surface area (Å²) in [7, 11) is 0. The molecule has 0 aromatic rings. The Morgan fingerprint density at radius 3 is 2.38 bits per heavy atom. The molecule has 0 bridgehead atoms. The molecule has 1 saturated heterocycles. The molecular weight excluding hydrogens is 223 g/mol. The molecule has 1 rings (SSSR count). The number of aliphatic hydroxyl groups excluding tert-OH is 1. The van der Waals surface area contributed by atoms with Crippen LogP contribution in [-0.2, 0) is 23.8 Å². The molecule has 0 spiro atoms. The number of carbonyl (C=O) groups excluding carboxylic acids is 2. The summed E-state index contributed by atoms with van der Waals surface area (Å²) in [6, 6.07) is 0. The molecule has 7 heteroatoms. The molecule has 0 aromatic heterocycles. The molecule has 0 saturated carbocycles. The van der Waals surface area contributed by atoms with Gasteiger partial charge in [-0.05, 0) is 0 Å². The van der Waals surface area contributed by atoms with E-state index in [1.54, 1.807) is 0 Å². The van der Waals surface area contributed by atoms with Crippen LogP contribution in [0.5, 0.6) is 0 Å². The van der Waals surface area contributed by atoms with Gasteiger partial charge in [0.1, 0.15) is 0 Å². The van der Waals surface area contributed by atoms with Gasteiger partial charge in [0.25, 0.3) is 0 Å². The fourth-order valence-corrected chi connectivity index (χ4v) is 1.39. The largest absolute Gasteiger partial charge is 0.456 e. The quantitative estimate of drug-likeness (QED) is 0.653. The monoisotopic (exact) mass is 236 g/mol. The first-order valence-corrected chi connectivity index (χ1v) is 4.70. The van der Waals surface area contributed by atoms with Crippen LogP contribution in [0.4, 0.5) is 4.39 Å². The highest BCUT2D eigenvalue weighted by Gasteiger charge is 2.44. The number of alkyl halides is 1. The molecular formula is C9H13FO6. The van der Waals surface area contributed by atoms with Crippen molar-refractivity contribution in [2.45, 2.75) is 38.5 Å². The van der Waals surface area contributed by atoms with Gasteiger partial charge >= 0.3 is 11.9 Å². The normalized spacial score (nSPS) is 34.2. The number of ether oxygens (including phenoxy) is 3. The zero-order valence-corrected chi connectivity index (χ0v) is 8.88. The molecule has 0 aliphatic carbocycles. The van der Waals surface area contributed by atoms with E-state index in [0.29, 0.717) is 0 Å². The van der Waals surface area contributed by atoms with Crippen molar-refractivity contribution in [2.75, 3.05) is 6.61 Å². The maximum atomic E-state index is 13.5. The molecule has 0 amide bonds. The fraction of sp³-hybridized carbons (Fsp3) is 0.778. The van der Waals surface area contributed by atoms with Crippen LogP contribution in [0.25, 0.3) is 0 Å². The standard InChI is InChI=1S/C9H13FO6/c1-4(11)15-6-3-14-9(13)7(10)8(6)16-5(2)12/h6-9,13H,3H2,1-2H3/t6-,7+,8-,9+/m1/s1. The maximum Gasteiger partial charge on any atom is 0.303 e. The highest BCUT2D eigenvalue weighted by Crippen LogP contribution is 2.22. The summed E-state index contributed by atoms with van der Waals surface area (Å²) in [5.41, 5.74) is 0. The number of hydrogen-bond acceptors (Lipinski definition) is 6. The summed E-state index contributed by atoms with van der Waals surface area (Å²) >= 11 is 0. The molecule has 0 aromatic carbocycles. The maximum absolute atomic E-state index is 13.5. The third kappa shape index (κ3) is 3.14. The van der Waals surface area contributed by atoms with Crippen LogP contribution in [0.2, 0.25) is 0 Å². The van der Waals surface area contributed by atoms with E-state index in [2.05, 4.69) is 9.47 Å². The van der Waals surface area contributed by atoms with Gasteiger partial charge in [-0.2, -0.15) is 0 Å². The molecule has 1 aliphatic rings. The van der Waals surface area contributed by atoms with E-state index in [-0.39, 0.29) is 6.61 Å². The molecule has 92 valence electrons. The van der Waals surface area contributed by atoms with Crippen LogP contribution in [0, 0.1) is 0 Å². The van der Waals surface area contributed by atoms with Crippen molar-refractivity contribution in [3.05, 3.63) is 0 Å². The number of carbonyl (C=O) groups is 2. The third-order valence-corrected chi connectivity index (χ3v) is 2.00. The van der Waals surface area contributed by atoms with E-state index in [1.165, 1.54) is 0 Å². The van der Waals surface area contributed by atoms with Gasteiger partial charge < -0.3 is 19.3 Å². The van der Waals surface area contributed by atoms with Gasteiger partial charge in [0, 0.05) is 13.8 Å². The highest BCUT2D eigenvalue weighted by atomic mass is 19.1. The molecule has 1 fully saturated rings. The molecule has 4 atom stereocenters. The summed E-state index contributed by atoms with van der Waals surface area (Å²) in [6.07, 6.45) is -6.01. The van der Waals surface area contributed by atoms with Crippen molar-refractivity contribution in [3.8, 4) is 0 Å². The number of rotatable bonds is 2. The van der Waals surface area contributed by atoms with Crippen LogP contribution < -0.4 is 0 Å². The van der Waals surface area contributed by atoms with E-state index in [4.69, 9.17) is 9.84 Å². The van der Waals surface area contributed by atoms with Crippen molar-refractivity contribution in [3.63, 3.8) is 0 Å². The van der Waals surface area contributed by atoms with Gasteiger partial charge in [-0.3, -0.25) is 9.59 Å². The Morgan fingerprint density at radius 2 is 1.88 bits per heavy atom. The smallest absolute Gasteiger partial charge is 0.303 e. The van der Waals surface area contributed by atoms with E-state index in [0.717, 1.165) is 13.8 Å². The Balaban J connectivity index is 2.72. The fourth-order valence-electron chi connectivity index (χ4n) is 1.39. The number of aliphatic hydroxyl groups is 1. The lowest BCUT2D eigenvalue weighted by Gasteiger charge is -2.35. The van der Waals surface area contributed by atoms with Gasteiger partial charge in [0.05, 0.1) is 6.61 Å². The number of halogens is 1. The third-order valence-electron chi connectivity index (χ3n) is 2.00. The summed E-state index contributed by atoms with van der Waals surface area (Å²) in [6.45, 7) is 2.02. The summed E-state index contributed by atoms with van der Waals surface area (Å²) in [5, 5.41) is 9.08. The van der Waals surface area contributed by atoms with Crippen molar-refractivity contribution >= 4 is 11.9 Å². The summed E-state index contributed by atoms with van der Waals surface area (Å²) in [5.74, 6) is -1.37. The summed E-state index contributed by atoms with van der Waals surface area (Å²) < 4.78 is 27.5. The SMILES string of the molecule is CC(=O)O[C@H]1[C@H](F)[C@@H](O)OC[C@H]1OC(C)=O. The molecule has 0 unspecified atom stereocenters. The van der Waals surface area contributed by atoms with Crippen LogP contribution >= 0.6 is 0 Å². The lowest BCUT2D eigenvalue weighted by atomic mass is 10.1. The molecule has 1 heterocycles. The molecule has 1 N–H and O–H groups in total. The van der Waals surface area contributed by atoms with Crippen LogP contribution in [0.1, 0.15) is 13.8 Å². The zero-order valence-electron chi connectivity index (χ0n) is 8.88. The number of esters is 2. The second-order valence-electron chi connectivity index (χ2n) is 3.39.